The van der Waals surface area contributed by atoms with Crippen molar-refractivity contribution < 1.29 is 9.21 Å². The van der Waals surface area contributed by atoms with Crippen molar-refractivity contribution in [3.8, 4) is 0 Å². The van der Waals surface area contributed by atoms with Crippen LogP contribution in [0.25, 0.3) is 0 Å². The summed E-state index contributed by atoms with van der Waals surface area (Å²) in [5, 5.41) is 6.29. The molecule has 0 aliphatic carbocycles. The molecule has 1 saturated heterocycles. The summed E-state index contributed by atoms with van der Waals surface area (Å²) < 4.78 is 5.39. The molecular formula is C19H26N4O2. The van der Waals surface area contributed by atoms with E-state index in [2.05, 4.69) is 20.5 Å². The number of likely N-dealkylation sites (tertiary alicyclic amines) is 1. The highest BCUT2D eigenvalue weighted by molar-refractivity contribution is 5.78. The molecule has 1 aliphatic rings. The third-order valence-electron chi connectivity index (χ3n) is 4.64. The van der Waals surface area contributed by atoms with Gasteiger partial charge in [0.05, 0.1) is 12.8 Å². The van der Waals surface area contributed by atoms with Crippen LogP contribution in [-0.4, -0.2) is 42.0 Å². The number of furan rings is 1. The molecule has 0 unspecified atom stereocenters. The molecule has 2 aromatic rings. The van der Waals surface area contributed by atoms with Crippen LogP contribution in [0.15, 0.2) is 41.1 Å². The minimum absolute atomic E-state index is 0.115. The third kappa shape index (κ3) is 5.06. The Labute approximate surface area is 148 Å². The maximum Gasteiger partial charge on any atom is 0.223 e. The Bertz CT molecular complexity index is 664. The minimum Gasteiger partial charge on any atom is -0.468 e. The molecule has 1 amide bonds. The number of aromatic nitrogens is 1. The van der Waals surface area contributed by atoms with Crippen LogP contribution in [0.1, 0.15) is 24.2 Å². The van der Waals surface area contributed by atoms with Crippen LogP contribution >= 0.6 is 0 Å². The van der Waals surface area contributed by atoms with Gasteiger partial charge in [-0.1, -0.05) is 6.07 Å². The number of hydrogen-bond acceptors (Lipinski definition) is 5. The zero-order chi connectivity index (χ0) is 17.5. The minimum atomic E-state index is 0.115. The second-order valence-electron chi connectivity index (χ2n) is 6.52. The van der Waals surface area contributed by atoms with Gasteiger partial charge in [-0.25, -0.2) is 4.98 Å². The fraction of sp³-hybridized carbons (Fsp3) is 0.474. The van der Waals surface area contributed by atoms with E-state index >= 15 is 0 Å². The van der Waals surface area contributed by atoms with E-state index in [1.165, 1.54) is 0 Å². The number of nitrogens with zero attached hydrogens (tertiary/aromatic N) is 2. The van der Waals surface area contributed by atoms with E-state index in [0.29, 0.717) is 13.1 Å². The first-order valence-corrected chi connectivity index (χ1v) is 8.90. The SMILES string of the molecule is Cc1cccnc1NCCNC(=O)C1CCN(Cc2ccco2)CC1. The molecule has 134 valence electrons. The Morgan fingerprint density at radius 1 is 1.28 bits per heavy atom. The first-order chi connectivity index (χ1) is 12.2. The largest absolute Gasteiger partial charge is 0.468 e. The Kier molecular flexibility index (Phi) is 6.06. The van der Waals surface area contributed by atoms with Crippen molar-refractivity contribution in [1.29, 1.82) is 0 Å². The lowest BCUT2D eigenvalue weighted by Crippen LogP contribution is -2.41. The first-order valence-electron chi connectivity index (χ1n) is 8.90. The standard InChI is InChI=1S/C19H26N4O2/c1-15-4-2-8-20-18(15)21-9-10-22-19(24)16-6-11-23(12-7-16)14-17-5-3-13-25-17/h2-5,8,13,16H,6-7,9-12,14H2,1H3,(H,20,21)(H,22,24). The third-order valence-corrected chi connectivity index (χ3v) is 4.64. The number of pyridine rings is 1. The number of nitrogens with one attached hydrogen (secondary N) is 2. The van der Waals surface area contributed by atoms with E-state index in [0.717, 1.165) is 49.6 Å². The van der Waals surface area contributed by atoms with Crippen LogP contribution in [0.2, 0.25) is 0 Å². The van der Waals surface area contributed by atoms with E-state index in [4.69, 9.17) is 4.42 Å². The highest BCUT2D eigenvalue weighted by atomic mass is 16.3. The molecule has 6 heteroatoms. The monoisotopic (exact) mass is 342 g/mol. The Morgan fingerprint density at radius 2 is 2.12 bits per heavy atom. The normalized spacial score (nSPS) is 15.9. The summed E-state index contributed by atoms with van der Waals surface area (Å²) in [6.07, 6.45) is 5.28. The van der Waals surface area contributed by atoms with Crippen LogP contribution in [0.3, 0.4) is 0 Å². The molecule has 0 aromatic carbocycles. The maximum absolute atomic E-state index is 12.3. The summed E-state index contributed by atoms with van der Waals surface area (Å²) in [6.45, 7) is 6.01. The van der Waals surface area contributed by atoms with Crippen molar-refractivity contribution in [3.05, 3.63) is 48.0 Å². The molecule has 0 bridgehead atoms. The second-order valence-corrected chi connectivity index (χ2v) is 6.52. The Morgan fingerprint density at radius 3 is 2.84 bits per heavy atom. The van der Waals surface area contributed by atoms with E-state index in [1.54, 1.807) is 12.5 Å². The van der Waals surface area contributed by atoms with Crippen LogP contribution < -0.4 is 10.6 Å². The van der Waals surface area contributed by atoms with Gasteiger partial charge in [0.1, 0.15) is 11.6 Å². The van der Waals surface area contributed by atoms with Crippen molar-refractivity contribution in [2.24, 2.45) is 5.92 Å². The van der Waals surface area contributed by atoms with Gasteiger partial charge in [-0.3, -0.25) is 9.69 Å². The van der Waals surface area contributed by atoms with Crippen molar-refractivity contribution in [3.63, 3.8) is 0 Å². The number of amides is 1. The van der Waals surface area contributed by atoms with Gasteiger partial charge < -0.3 is 15.1 Å². The van der Waals surface area contributed by atoms with Crippen molar-refractivity contribution in [1.82, 2.24) is 15.2 Å². The van der Waals surface area contributed by atoms with E-state index < -0.39 is 0 Å². The highest BCUT2D eigenvalue weighted by Crippen LogP contribution is 2.19. The smallest absolute Gasteiger partial charge is 0.223 e. The van der Waals surface area contributed by atoms with Gasteiger partial charge in [0, 0.05) is 25.2 Å². The summed E-state index contributed by atoms with van der Waals surface area (Å²) in [5.41, 5.74) is 1.11. The molecule has 0 atom stereocenters. The molecule has 2 N–H and O–H groups in total. The van der Waals surface area contributed by atoms with Gasteiger partial charge in [0.2, 0.25) is 5.91 Å². The molecule has 0 radical (unpaired) electrons. The number of hydrogen-bond donors (Lipinski definition) is 2. The molecule has 6 nitrogen and oxygen atoms in total. The average Bonchev–Trinajstić information content (AvgIpc) is 3.13. The van der Waals surface area contributed by atoms with Crippen LogP contribution in [0, 0.1) is 12.8 Å². The second kappa shape index (κ2) is 8.67. The predicted molar refractivity (Wildman–Crippen MR) is 97.2 cm³/mol. The number of rotatable bonds is 7. The molecule has 1 aliphatic heterocycles. The molecule has 3 rings (SSSR count). The van der Waals surface area contributed by atoms with Gasteiger partial charge in [-0.15, -0.1) is 0 Å². The predicted octanol–water partition coefficient (Wildman–Crippen LogP) is 2.42. The Balaban J connectivity index is 1.33. The number of anilines is 1. The quantitative estimate of drug-likeness (QED) is 0.756. The number of carbonyl (C=O) groups excluding carboxylic acids is 1. The molecule has 1 fully saturated rings. The van der Waals surface area contributed by atoms with Gasteiger partial charge >= 0.3 is 0 Å². The summed E-state index contributed by atoms with van der Waals surface area (Å²) in [6, 6.07) is 7.84. The highest BCUT2D eigenvalue weighted by Gasteiger charge is 2.24. The molecule has 0 spiro atoms. The van der Waals surface area contributed by atoms with E-state index in [-0.39, 0.29) is 11.8 Å². The topological polar surface area (TPSA) is 70.4 Å². The lowest BCUT2D eigenvalue weighted by Gasteiger charge is -2.30. The zero-order valence-electron chi connectivity index (χ0n) is 14.7. The summed E-state index contributed by atoms with van der Waals surface area (Å²) in [7, 11) is 0. The Hall–Kier alpha value is -2.34. The lowest BCUT2D eigenvalue weighted by molar-refractivity contribution is -0.126. The van der Waals surface area contributed by atoms with Crippen molar-refractivity contribution >= 4 is 11.7 Å². The maximum atomic E-state index is 12.3. The lowest BCUT2D eigenvalue weighted by atomic mass is 9.96. The summed E-state index contributed by atoms with van der Waals surface area (Å²) in [5.74, 6) is 2.14. The molecular weight excluding hydrogens is 316 g/mol. The molecule has 2 aromatic heterocycles. The van der Waals surface area contributed by atoms with E-state index in [1.807, 2.05) is 31.2 Å². The zero-order valence-corrected chi connectivity index (χ0v) is 14.7. The van der Waals surface area contributed by atoms with Gasteiger partial charge in [0.15, 0.2) is 0 Å². The van der Waals surface area contributed by atoms with Gasteiger partial charge in [0.25, 0.3) is 0 Å². The first kappa shape index (κ1) is 17.5. The number of carbonyl (C=O) groups is 1. The van der Waals surface area contributed by atoms with Crippen LogP contribution in [0.4, 0.5) is 5.82 Å². The fourth-order valence-electron chi connectivity index (χ4n) is 3.16. The summed E-state index contributed by atoms with van der Waals surface area (Å²) in [4.78, 5) is 18.9. The number of aryl methyl sites for hydroxylation is 1. The molecule has 3 heterocycles. The number of piperidine rings is 1. The molecule has 0 saturated carbocycles. The fourth-order valence-corrected chi connectivity index (χ4v) is 3.16. The summed E-state index contributed by atoms with van der Waals surface area (Å²) >= 11 is 0. The van der Waals surface area contributed by atoms with Crippen LogP contribution in [-0.2, 0) is 11.3 Å². The van der Waals surface area contributed by atoms with Gasteiger partial charge in [-0.05, 0) is 56.6 Å². The average molecular weight is 342 g/mol. The van der Waals surface area contributed by atoms with Gasteiger partial charge in [-0.2, -0.15) is 0 Å². The van der Waals surface area contributed by atoms with Crippen LogP contribution in [0.5, 0.6) is 0 Å². The van der Waals surface area contributed by atoms with Crippen molar-refractivity contribution in [2.45, 2.75) is 26.3 Å². The van der Waals surface area contributed by atoms with E-state index in [9.17, 15) is 4.79 Å². The van der Waals surface area contributed by atoms with Crippen molar-refractivity contribution in [2.75, 3.05) is 31.5 Å². The molecule has 25 heavy (non-hydrogen) atoms.